The molecule has 2 N–H and O–H groups in total. The van der Waals surface area contributed by atoms with E-state index in [0.717, 1.165) is 22.3 Å². The number of fused-ring (bicyclic) bond motifs is 1. The number of anilines is 1. The Bertz CT molecular complexity index is 908. The molecule has 0 fully saturated rings. The molecule has 1 amide bonds. The lowest BCUT2D eigenvalue weighted by Gasteiger charge is -2.10. The van der Waals surface area contributed by atoms with Gasteiger partial charge < -0.3 is 5.32 Å². The highest BCUT2D eigenvalue weighted by molar-refractivity contribution is 7.22. The monoisotopic (exact) mass is 360 g/mol. The molecular formula is C17H14F2N4OS. The Kier molecular flexibility index (Phi) is 4.99. The average molecular weight is 360 g/mol. The topological polar surface area (TPSA) is 66.4 Å². The molecule has 0 radical (unpaired) electrons. The summed E-state index contributed by atoms with van der Waals surface area (Å²) < 4.78 is 26.9. The minimum Gasteiger partial charge on any atom is -0.350 e. The maximum absolute atomic E-state index is 13.1. The van der Waals surface area contributed by atoms with Crippen LogP contribution >= 0.6 is 11.3 Å². The van der Waals surface area contributed by atoms with E-state index in [1.54, 1.807) is 6.92 Å². The minimum absolute atomic E-state index is 0.339. The molecule has 128 valence electrons. The Hall–Kier alpha value is -2.87. The van der Waals surface area contributed by atoms with Gasteiger partial charge in [-0.25, -0.2) is 19.2 Å². The van der Waals surface area contributed by atoms with Crippen LogP contribution in [0, 0.1) is 11.6 Å². The SMILES string of the molecule is C[C@@H](Nc1nc2ccccc2s1)C(=O)N/N=C\c1ccc(F)c(F)c1. The second kappa shape index (κ2) is 7.35. The van der Waals surface area contributed by atoms with Crippen LogP contribution in [0.5, 0.6) is 0 Å². The lowest BCUT2D eigenvalue weighted by molar-refractivity contribution is -0.121. The first-order valence-electron chi connectivity index (χ1n) is 7.43. The van der Waals surface area contributed by atoms with Gasteiger partial charge in [-0.3, -0.25) is 4.79 Å². The second-order valence-corrected chi connectivity index (χ2v) is 6.29. The predicted molar refractivity (Wildman–Crippen MR) is 94.8 cm³/mol. The molecule has 2 aromatic carbocycles. The zero-order valence-corrected chi connectivity index (χ0v) is 14.0. The van der Waals surface area contributed by atoms with Gasteiger partial charge in [-0.05, 0) is 36.8 Å². The molecule has 25 heavy (non-hydrogen) atoms. The van der Waals surface area contributed by atoms with Crippen LogP contribution in [-0.4, -0.2) is 23.1 Å². The van der Waals surface area contributed by atoms with E-state index in [9.17, 15) is 13.6 Å². The van der Waals surface area contributed by atoms with E-state index in [2.05, 4.69) is 20.8 Å². The van der Waals surface area contributed by atoms with Crippen LogP contribution in [-0.2, 0) is 4.79 Å². The van der Waals surface area contributed by atoms with Crippen LogP contribution < -0.4 is 10.7 Å². The maximum atomic E-state index is 13.1. The number of carbonyl (C=O) groups is 1. The van der Waals surface area contributed by atoms with Gasteiger partial charge in [0.25, 0.3) is 5.91 Å². The van der Waals surface area contributed by atoms with Crippen LogP contribution in [0.4, 0.5) is 13.9 Å². The molecule has 1 aromatic heterocycles. The van der Waals surface area contributed by atoms with Gasteiger partial charge in [0.2, 0.25) is 0 Å². The van der Waals surface area contributed by atoms with Crippen molar-refractivity contribution in [3.63, 3.8) is 0 Å². The molecule has 0 aliphatic heterocycles. The highest BCUT2D eigenvalue weighted by Gasteiger charge is 2.14. The van der Waals surface area contributed by atoms with Gasteiger partial charge in [0.15, 0.2) is 16.8 Å². The van der Waals surface area contributed by atoms with Crippen molar-refractivity contribution >= 4 is 38.8 Å². The lowest BCUT2D eigenvalue weighted by Crippen LogP contribution is -2.34. The van der Waals surface area contributed by atoms with E-state index in [4.69, 9.17) is 0 Å². The summed E-state index contributed by atoms with van der Waals surface area (Å²) in [6, 6.07) is 10.5. The molecule has 0 aliphatic carbocycles. The highest BCUT2D eigenvalue weighted by Crippen LogP contribution is 2.25. The van der Waals surface area contributed by atoms with Crippen molar-refractivity contribution in [3.8, 4) is 0 Å². The van der Waals surface area contributed by atoms with Crippen LogP contribution in [0.25, 0.3) is 10.2 Å². The normalized spacial score (nSPS) is 12.4. The summed E-state index contributed by atoms with van der Waals surface area (Å²) in [7, 11) is 0. The molecule has 1 atom stereocenters. The number of para-hydroxylation sites is 1. The molecule has 0 saturated heterocycles. The maximum Gasteiger partial charge on any atom is 0.262 e. The number of halogens is 2. The number of hydrogen-bond acceptors (Lipinski definition) is 5. The largest absolute Gasteiger partial charge is 0.350 e. The summed E-state index contributed by atoms with van der Waals surface area (Å²) >= 11 is 1.45. The molecule has 0 saturated carbocycles. The molecule has 5 nitrogen and oxygen atoms in total. The number of rotatable bonds is 5. The van der Waals surface area contributed by atoms with E-state index >= 15 is 0 Å². The summed E-state index contributed by atoms with van der Waals surface area (Å²) in [5.41, 5.74) is 3.55. The summed E-state index contributed by atoms with van der Waals surface area (Å²) in [4.78, 5) is 16.4. The van der Waals surface area contributed by atoms with E-state index in [1.165, 1.54) is 23.6 Å². The average Bonchev–Trinajstić information content (AvgIpc) is 3.00. The van der Waals surface area contributed by atoms with Gasteiger partial charge in [-0.15, -0.1) is 0 Å². The minimum atomic E-state index is -0.971. The number of aromatic nitrogens is 1. The van der Waals surface area contributed by atoms with Gasteiger partial charge >= 0.3 is 0 Å². The molecule has 0 unspecified atom stereocenters. The van der Waals surface area contributed by atoms with Crippen molar-refractivity contribution in [1.82, 2.24) is 10.4 Å². The van der Waals surface area contributed by atoms with E-state index in [0.29, 0.717) is 10.7 Å². The van der Waals surface area contributed by atoms with Gasteiger partial charge in [-0.1, -0.05) is 29.5 Å². The summed E-state index contributed by atoms with van der Waals surface area (Å²) in [6.07, 6.45) is 1.24. The third-order valence-electron chi connectivity index (χ3n) is 3.36. The Morgan fingerprint density at radius 3 is 2.80 bits per heavy atom. The summed E-state index contributed by atoms with van der Waals surface area (Å²) in [6.45, 7) is 1.68. The van der Waals surface area contributed by atoms with Gasteiger partial charge in [0, 0.05) is 0 Å². The molecule has 0 spiro atoms. The number of amides is 1. The zero-order valence-electron chi connectivity index (χ0n) is 13.2. The number of thiazole rings is 1. The first kappa shape index (κ1) is 17.0. The van der Waals surface area contributed by atoms with E-state index in [1.807, 2.05) is 24.3 Å². The Labute approximate surface area is 146 Å². The van der Waals surface area contributed by atoms with Gasteiger partial charge in [-0.2, -0.15) is 5.10 Å². The number of nitrogens with one attached hydrogen (secondary N) is 2. The summed E-state index contributed by atoms with van der Waals surface area (Å²) in [5, 5.41) is 7.39. The molecule has 8 heteroatoms. The van der Waals surface area contributed by atoms with E-state index in [-0.39, 0.29) is 5.91 Å². The fourth-order valence-electron chi connectivity index (χ4n) is 2.04. The van der Waals surface area contributed by atoms with Crippen molar-refractivity contribution in [3.05, 3.63) is 59.7 Å². The number of benzene rings is 2. The molecule has 3 aromatic rings. The number of nitrogens with zero attached hydrogens (tertiary/aromatic N) is 2. The molecule has 0 bridgehead atoms. The second-order valence-electron chi connectivity index (χ2n) is 5.26. The lowest BCUT2D eigenvalue weighted by atomic mass is 10.2. The Morgan fingerprint density at radius 2 is 2.04 bits per heavy atom. The van der Waals surface area contributed by atoms with Crippen molar-refractivity contribution in [2.24, 2.45) is 5.10 Å². The third kappa shape index (κ3) is 4.16. The zero-order chi connectivity index (χ0) is 17.8. The third-order valence-corrected chi connectivity index (χ3v) is 4.33. The Balaban J connectivity index is 1.58. The van der Waals surface area contributed by atoms with Crippen LogP contribution in [0.15, 0.2) is 47.6 Å². The highest BCUT2D eigenvalue weighted by atomic mass is 32.1. The van der Waals surface area contributed by atoms with Crippen molar-refractivity contribution in [1.29, 1.82) is 0 Å². The van der Waals surface area contributed by atoms with Crippen LogP contribution in [0.1, 0.15) is 12.5 Å². The van der Waals surface area contributed by atoms with Crippen LogP contribution in [0.3, 0.4) is 0 Å². The number of hydrogen-bond donors (Lipinski definition) is 2. The predicted octanol–water partition coefficient (Wildman–Crippen LogP) is 3.53. The Morgan fingerprint density at radius 1 is 1.24 bits per heavy atom. The fraction of sp³-hybridized carbons (Fsp3) is 0.118. The molecule has 0 aliphatic rings. The van der Waals surface area contributed by atoms with E-state index < -0.39 is 17.7 Å². The molecule has 3 rings (SSSR count). The first-order valence-corrected chi connectivity index (χ1v) is 8.24. The van der Waals surface area contributed by atoms with Gasteiger partial charge in [0.05, 0.1) is 16.4 Å². The quantitative estimate of drug-likeness (QED) is 0.540. The smallest absolute Gasteiger partial charge is 0.262 e. The van der Waals surface area contributed by atoms with Crippen molar-refractivity contribution in [2.45, 2.75) is 13.0 Å². The van der Waals surface area contributed by atoms with Crippen molar-refractivity contribution < 1.29 is 13.6 Å². The number of hydrazone groups is 1. The van der Waals surface area contributed by atoms with Crippen LogP contribution in [0.2, 0.25) is 0 Å². The molecule has 1 heterocycles. The number of carbonyl (C=O) groups excluding carboxylic acids is 1. The molecular weight excluding hydrogens is 346 g/mol. The van der Waals surface area contributed by atoms with Gasteiger partial charge in [0.1, 0.15) is 6.04 Å². The standard InChI is InChI=1S/C17H14F2N4OS/c1-10(21-17-22-14-4-2-3-5-15(14)25-17)16(24)23-20-9-11-6-7-12(18)13(19)8-11/h2-10H,1H3,(H,21,22)(H,23,24)/b20-9-/t10-/m1/s1. The first-order chi connectivity index (χ1) is 12.0. The van der Waals surface area contributed by atoms with Crippen molar-refractivity contribution in [2.75, 3.05) is 5.32 Å². The fourth-order valence-corrected chi connectivity index (χ4v) is 3.00. The summed E-state index contributed by atoms with van der Waals surface area (Å²) in [5.74, 6) is -2.28.